The van der Waals surface area contributed by atoms with Crippen molar-refractivity contribution in [3.8, 4) is 5.88 Å². The quantitative estimate of drug-likeness (QED) is 0.294. The third kappa shape index (κ3) is 5.04. The Morgan fingerprint density at radius 2 is 2.17 bits per heavy atom. The second-order valence-electron chi connectivity index (χ2n) is 5.46. The van der Waals surface area contributed by atoms with Gasteiger partial charge in [0, 0.05) is 13.0 Å². The topological polar surface area (TPSA) is 102 Å². The molecule has 0 spiro atoms. The summed E-state index contributed by atoms with van der Waals surface area (Å²) in [5.74, 6) is 0.0122. The van der Waals surface area contributed by atoms with Gasteiger partial charge in [-0.1, -0.05) is 19.8 Å². The van der Waals surface area contributed by atoms with E-state index in [1.165, 1.54) is 0 Å². The van der Waals surface area contributed by atoms with E-state index in [0.29, 0.717) is 36.6 Å². The van der Waals surface area contributed by atoms with E-state index in [0.717, 1.165) is 25.7 Å². The smallest absolute Gasteiger partial charge is 0.246 e. The molecule has 2 N–H and O–H groups in total. The van der Waals surface area contributed by atoms with Crippen molar-refractivity contribution in [3.05, 3.63) is 11.6 Å². The van der Waals surface area contributed by atoms with Crippen LogP contribution in [0.5, 0.6) is 5.88 Å². The lowest BCUT2D eigenvalue weighted by Gasteiger charge is -2.07. The Hall–Kier alpha value is -1.93. The number of halogens is 1. The van der Waals surface area contributed by atoms with Crippen LogP contribution in [-0.2, 0) is 11.3 Å². The lowest BCUT2D eigenvalue weighted by Crippen LogP contribution is -2.17. The van der Waals surface area contributed by atoms with Crippen molar-refractivity contribution in [1.29, 1.82) is 0 Å². The third-order valence-electron chi connectivity index (χ3n) is 3.57. The zero-order valence-corrected chi connectivity index (χ0v) is 14.4. The van der Waals surface area contributed by atoms with Crippen molar-refractivity contribution < 1.29 is 14.7 Å². The zero-order valence-electron chi connectivity index (χ0n) is 13.7. The number of hydroxylamine groups is 1. The first kappa shape index (κ1) is 18.4. The van der Waals surface area contributed by atoms with Gasteiger partial charge in [-0.15, -0.1) is 0 Å². The molecule has 0 aromatic carbocycles. The standard InChI is InChI=1S/C15H22ClN5O3/c1-2-3-6-9-24-14-12-13(18-15(16)19-14)21(10-17-12)8-5-4-7-11(22)20-23/h10,23H,2-9H2,1H3,(H,20,22). The summed E-state index contributed by atoms with van der Waals surface area (Å²) in [5.41, 5.74) is 2.82. The largest absolute Gasteiger partial charge is 0.476 e. The Morgan fingerprint density at radius 3 is 2.92 bits per heavy atom. The number of nitrogens with one attached hydrogen (secondary N) is 1. The van der Waals surface area contributed by atoms with E-state index in [2.05, 4.69) is 21.9 Å². The molecular weight excluding hydrogens is 334 g/mol. The average molecular weight is 356 g/mol. The maximum atomic E-state index is 11.0. The Labute approximate surface area is 145 Å². The summed E-state index contributed by atoms with van der Waals surface area (Å²) >= 11 is 5.99. The number of unbranched alkanes of at least 4 members (excludes halogenated alkanes) is 3. The molecule has 1 amide bonds. The van der Waals surface area contributed by atoms with Crippen molar-refractivity contribution in [2.45, 2.75) is 52.0 Å². The predicted molar refractivity (Wildman–Crippen MR) is 89.1 cm³/mol. The van der Waals surface area contributed by atoms with Crippen LogP contribution in [-0.4, -0.2) is 37.2 Å². The van der Waals surface area contributed by atoms with E-state index < -0.39 is 5.91 Å². The van der Waals surface area contributed by atoms with Crippen molar-refractivity contribution in [2.75, 3.05) is 6.61 Å². The Bertz CT molecular complexity index is 676. The molecule has 24 heavy (non-hydrogen) atoms. The summed E-state index contributed by atoms with van der Waals surface area (Å²) in [6, 6.07) is 0. The second kappa shape index (κ2) is 9.39. The molecule has 0 unspecified atom stereocenters. The summed E-state index contributed by atoms with van der Waals surface area (Å²) in [6.07, 6.45) is 6.49. The summed E-state index contributed by atoms with van der Waals surface area (Å²) in [6.45, 7) is 3.34. The molecule has 0 radical (unpaired) electrons. The van der Waals surface area contributed by atoms with E-state index in [1.54, 1.807) is 11.8 Å². The first-order valence-electron chi connectivity index (χ1n) is 8.09. The minimum atomic E-state index is -0.390. The van der Waals surface area contributed by atoms with Crippen LogP contribution in [0.15, 0.2) is 6.33 Å². The van der Waals surface area contributed by atoms with Gasteiger partial charge >= 0.3 is 0 Å². The molecule has 0 atom stereocenters. The number of hydrogen-bond donors (Lipinski definition) is 2. The van der Waals surface area contributed by atoms with E-state index in [9.17, 15) is 4.79 Å². The normalized spacial score (nSPS) is 11.0. The number of carbonyl (C=O) groups is 1. The highest BCUT2D eigenvalue weighted by Gasteiger charge is 2.13. The minimum absolute atomic E-state index is 0.120. The van der Waals surface area contributed by atoms with Gasteiger partial charge < -0.3 is 9.30 Å². The summed E-state index contributed by atoms with van der Waals surface area (Å²) in [7, 11) is 0. The molecule has 0 saturated carbocycles. The van der Waals surface area contributed by atoms with Gasteiger partial charge in [0.15, 0.2) is 11.2 Å². The van der Waals surface area contributed by atoms with Crippen LogP contribution in [0.3, 0.4) is 0 Å². The van der Waals surface area contributed by atoms with Crippen LogP contribution in [0.25, 0.3) is 11.2 Å². The zero-order chi connectivity index (χ0) is 17.4. The van der Waals surface area contributed by atoms with Crippen molar-refractivity contribution in [1.82, 2.24) is 25.0 Å². The molecular formula is C15H22ClN5O3. The highest BCUT2D eigenvalue weighted by molar-refractivity contribution is 6.28. The van der Waals surface area contributed by atoms with Crippen molar-refractivity contribution >= 4 is 28.7 Å². The van der Waals surface area contributed by atoms with Crippen molar-refractivity contribution in [3.63, 3.8) is 0 Å². The fourth-order valence-corrected chi connectivity index (χ4v) is 2.46. The molecule has 9 heteroatoms. The number of carbonyl (C=O) groups excluding carboxylic acids is 1. The van der Waals surface area contributed by atoms with E-state index >= 15 is 0 Å². The molecule has 2 aromatic heterocycles. The molecule has 0 aliphatic carbocycles. The fraction of sp³-hybridized carbons (Fsp3) is 0.600. The molecule has 0 bridgehead atoms. The van der Waals surface area contributed by atoms with Crippen LogP contribution in [0.2, 0.25) is 5.28 Å². The predicted octanol–water partition coefficient (Wildman–Crippen LogP) is 2.72. The number of hydrogen-bond acceptors (Lipinski definition) is 6. The number of aromatic nitrogens is 4. The summed E-state index contributed by atoms with van der Waals surface area (Å²) in [5, 5.41) is 8.58. The number of fused-ring (bicyclic) bond motifs is 1. The van der Waals surface area contributed by atoms with E-state index in [4.69, 9.17) is 21.5 Å². The molecule has 8 nitrogen and oxygen atoms in total. The van der Waals surface area contributed by atoms with Gasteiger partial charge in [-0.25, -0.2) is 10.5 Å². The first-order valence-corrected chi connectivity index (χ1v) is 8.47. The molecule has 132 valence electrons. The van der Waals surface area contributed by atoms with Crippen LogP contribution in [0, 0.1) is 0 Å². The number of aryl methyl sites for hydroxylation is 1. The molecule has 0 fully saturated rings. The summed E-state index contributed by atoms with van der Waals surface area (Å²) in [4.78, 5) is 23.7. The van der Waals surface area contributed by atoms with E-state index in [1.807, 2.05) is 4.57 Å². The number of amides is 1. The van der Waals surface area contributed by atoms with Gasteiger partial charge in [-0.3, -0.25) is 10.0 Å². The number of imidazole rings is 1. The second-order valence-corrected chi connectivity index (χ2v) is 5.79. The molecule has 0 aliphatic rings. The van der Waals surface area contributed by atoms with Gasteiger partial charge in [-0.05, 0) is 30.9 Å². The highest BCUT2D eigenvalue weighted by atomic mass is 35.5. The van der Waals surface area contributed by atoms with Crippen LogP contribution in [0.4, 0.5) is 0 Å². The maximum absolute atomic E-state index is 11.0. The van der Waals surface area contributed by atoms with Gasteiger partial charge in [0.2, 0.25) is 17.1 Å². The molecule has 2 aromatic rings. The highest BCUT2D eigenvalue weighted by Crippen LogP contribution is 2.23. The lowest BCUT2D eigenvalue weighted by atomic mass is 10.2. The monoisotopic (exact) mass is 355 g/mol. The Kier molecular flexibility index (Phi) is 7.20. The summed E-state index contributed by atoms with van der Waals surface area (Å²) < 4.78 is 7.55. The van der Waals surface area contributed by atoms with Gasteiger partial charge in [-0.2, -0.15) is 9.97 Å². The Morgan fingerprint density at radius 1 is 1.33 bits per heavy atom. The van der Waals surface area contributed by atoms with Crippen LogP contribution >= 0.6 is 11.6 Å². The average Bonchev–Trinajstić information content (AvgIpc) is 2.98. The molecule has 2 heterocycles. The van der Waals surface area contributed by atoms with Crippen LogP contribution in [0.1, 0.15) is 45.4 Å². The minimum Gasteiger partial charge on any atom is -0.476 e. The number of rotatable bonds is 10. The van der Waals surface area contributed by atoms with Crippen molar-refractivity contribution in [2.24, 2.45) is 0 Å². The van der Waals surface area contributed by atoms with Gasteiger partial charge in [0.05, 0.1) is 12.9 Å². The third-order valence-corrected chi connectivity index (χ3v) is 3.74. The fourth-order valence-electron chi connectivity index (χ4n) is 2.30. The van der Waals surface area contributed by atoms with Gasteiger partial charge in [0.25, 0.3) is 0 Å². The SMILES string of the molecule is CCCCCOc1nc(Cl)nc2c1ncn2CCCCC(=O)NO. The maximum Gasteiger partial charge on any atom is 0.246 e. The molecule has 0 aliphatic heterocycles. The molecule has 2 rings (SSSR count). The Balaban J connectivity index is 2.02. The lowest BCUT2D eigenvalue weighted by molar-refractivity contribution is -0.129. The first-order chi connectivity index (χ1) is 11.7. The van der Waals surface area contributed by atoms with Gasteiger partial charge in [0.1, 0.15) is 0 Å². The van der Waals surface area contributed by atoms with Crippen LogP contribution < -0.4 is 10.2 Å². The number of ether oxygens (including phenoxy) is 1. The number of nitrogens with zero attached hydrogens (tertiary/aromatic N) is 4. The van der Waals surface area contributed by atoms with E-state index in [-0.39, 0.29) is 11.7 Å². The molecule has 0 saturated heterocycles.